The molecule has 0 aromatic carbocycles. The molecule has 0 amide bonds. The van der Waals surface area contributed by atoms with E-state index in [0.717, 1.165) is 0 Å². The molecule has 1 unspecified atom stereocenters. The summed E-state index contributed by atoms with van der Waals surface area (Å²) in [6, 6.07) is 0. The highest BCUT2D eigenvalue weighted by Gasteiger charge is 2.30. The predicted octanol–water partition coefficient (Wildman–Crippen LogP) is 5.41. The van der Waals surface area contributed by atoms with Crippen LogP contribution in [0.4, 0.5) is 0 Å². The summed E-state index contributed by atoms with van der Waals surface area (Å²) in [5.74, 6) is 0. The maximum absolute atomic E-state index is 6.42. The molecule has 1 atom stereocenters. The zero-order valence-corrected chi connectivity index (χ0v) is 15.7. The van der Waals surface area contributed by atoms with Crippen LogP contribution in [0.2, 0.25) is 0 Å². The molecule has 1 rings (SSSR count). The molecular weight excluding hydrogens is 258 g/mol. The van der Waals surface area contributed by atoms with Gasteiger partial charge < -0.3 is 4.74 Å². The van der Waals surface area contributed by atoms with E-state index in [-0.39, 0.29) is 11.2 Å². The second-order valence-corrected chi connectivity index (χ2v) is 9.09. The van der Waals surface area contributed by atoms with Crippen molar-refractivity contribution in [1.29, 1.82) is 0 Å². The monoisotopic (exact) mass is 297 g/mol. The van der Waals surface area contributed by atoms with Crippen LogP contribution in [-0.2, 0) is 4.74 Å². The van der Waals surface area contributed by atoms with Gasteiger partial charge in [-0.2, -0.15) is 0 Å². The van der Waals surface area contributed by atoms with E-state index in [2.05, 4.69) is 53.4 Å². The van der Waals surface area contributed by atoms with Crippen molar-refractivity contribution < 1.29 is 4.74 Å². The van der Waals surface area contributed by atoms with Gasteiger partial charge in [-0.1, -0.05) is 12.8 Å². The minimum atomic E-state index is -0.0353. The molecule has 1 fully saturated rings. The molecule has 2 nitrogen and oxygen atoms in total. The van der Waals surface area contributed by atoms with Gasteiger partial charge >= 0.3 is 0 Å². The molecule has 1 aliphatic rings. The Kier molecular flexibility index (Phi) is 6.74. The number of rotatable bonds is 1. The molecule has 2 heteroatoms. The first-order valence-corrected chi connectivity index (χ1v) is 8.97. The SMILES string of the molecule is CC(C)(C)OC1(C)CCCCCN(C(C)(C)C)CCCC1. The molecule has 1 heterocycles. The van der Waals surface area contributed by atoms with Crippen LogP contribution in [0, 0.1) is 0 Å². The van der Waals surface area contributed by atoms with E-state index in [4.69, 9.17) is 4.74 Å². The van der Waals surface area contributed by atoms with E-state index in [0.29, 0.717) is 5.54 Å². The molecule has 1 aliphatic heterocycles. The molecule has 0 radical (unpaired) electrons. The van der Waals surface area contributed by atoms with Crippen LogP contribution < -0.4 is 0 Å². The molecule has 0 spiro atoms. The van der Waals surface area contributed by atoms with Gasteiger partial charge in [0.2, 0.25) is 0 Å². The van der Waals surface area contributed by atoms with Crippen LogP contribution in [0.1, 0.15) is 93.4 Å². The zero-order chi connectivity index (χ0) is 16.1. The lowest BCUT2D eigenvalue weighted by molar-refractivity contribution is -0.131. The van der Waals surface area contributed by atoms with Crippen molar-refractivity contribution in [2.75, 3.05) is 13.1 Å². The van der Waals surface area contributed by atoms with Crippen molar-refractivity contribution in [3.63, 3.8) is 0 Å². The van der Waals surface area contributed by atoms with E-state index in [1.165, 1.54) is 58.0 Å². The minimum absolute atomic E-state index is 0.0353. The summed E-state index contributed by atoms with van der Waals surface area (Å²) < 4.78 is 6.42. The van der Waals surface area contributed by atoms with Gasteiger partial charge in [0.25, 0.3) is 0 Å². The van der Waals surface area contributed by atoms with Crippen molar-refractivity contribution in [3.8, 4) is 0 Å². The van der Waals surface area contributed by atoms with Crippen molar-refractivity contribution in [1.82, 2.24) is 4.90 Å². The number of ether oxygens (including phenoxy) is 1. The lowest BCUT2D eigenvalue weighted by Crippen LogP contribution is -2.42. The average molecular weight is 298 g/mol. The van der Waals surface area contributed by atoms with Crippen molar-refractivity contribution in [2.45, 2.75) is 110 Å². The van der Waals surface area contributed by atoms with Gasteiger partial charge in [0, 0.05) is 5.54 Å². The molecular formula is C19H39NO. The van der Waals surface area contributed by atoms with Crippen LogP contribution in [0.3, 0.4) is 0 Å². The average Bonchev–Trinajstić information content (AvgIpc) is 2.30. The zero-order valence-electron chi connectivity index (χ0n) is 15.7. The molecule has 1 saturated heterocycles. The fourth-order valence-corrected chi connectivity index (χ4v) is 3.53. The topological polar surface area (TPSA) is 12.5 Å². The maximum atomic E-state index is 6.42. The molecule has 0 aromatic rings. The number of hydrogen-bond acceptors (Lipinski definition) is 2. The Morgan fingerprint density at radius 3 is 1.71 bits per heavy atom. The van der Waals surface area contributed by atoms with Crippen molar-refractivity contribution in [2.24, 2.45) is 0 Å². The fraction of sp³-hybridized carbons (Fsp3) is 1.00. The fourth-order valence-electron chi connectivity index (χ4n) is 3.53. The highest BCUT2D eigenvalue weighted by atomic mass is 16.5. The predicted molar refractivity (Wildman–Crippen MR) is 92.9 cm³/mol. The maximum Gasteiger partial charge on any atom is 0.0661 e. The van der Waals surface area contributed by atoms with E-state index in [9.17, 15) is 0 Å². The lowest BCUT2D eigenvalue weighted by Gasteiger charge is -2.37. The summed E-state index contributed by atoms with van der Waals surface area (Å²) in [6.07, 6.45) is 8.92. The van der Waals surface area contributed by atoms with Crippen LogP contribution in [0.15, 0.2) is 0 Å². The second-order valence-electron chi connectivity index (χ2n) is 9.09. The first-order valence-electron chi connectivity index (χ1n) is 8.97. The third-order valence-electron chi connectivity index (χ3n) is 4.52. The minimum Gasteiger partial charge on any atom is -0.370 e. The Morgan fingerprint density at radius 2 is 1.24 bits per heavy atom. The third-order valence-corrected chi connectivity index (χ3v) is 4.52. The number of nitrogens with zero attached hydrogens (tertiary/aromatic N) is 1. The van der Waals surface area contributed by atoms with Gasteiger partial charge in [-0.15, -0.1) is 0 Å². The second kappa shape index (κ2) is 7.46. The Balaban J connectivity index is 2.63. The summed E-state index contributed by atoms with van der Waals surface area (Å²) in [5, 5.41) is 0. The van der Waals surface area contributed by atoms with Gasteiger partial charge in [0.15, 0.2) is 0 Å². The van der Waals surface area contributed by atoms with Gasteiger partial charge in [0.05, 0.1) is 11.2 Å². The summed E-state index contributed by atoms with van der Waals surface area (Å²) in [4.78, 5) is 2.67. The molecule has 21 heavy (non-hydrogen) atoms. The lowest BCUT2D eigenvalue weighted by atomic mass is 9.91. The van der Waals surface area contributed by atoms with Gasteiger partial charge in [-0.3, -0.25) is 4.90 Å². The quantitative estimate of drug-likeness (QED) is 0.642. The third kappa shape index (κ3) is 7.65. The molecule has 0 saturated carbocycles. The number of hydrogen-bond donors (Lipinski definition) is 0. The van der Waals surface area contributed by atoms with Crippen molar-refractivity contribution in [3.05, 3.63) is 0 Å². The Bertz CT molecular complexity index is 300. The summed E-state index contributed by atoms with van der Waals surface area (Å²) >= 11 is 0. The normalized spacial score (nSPS) is 28.1. The Hall–Kier alpha value is -0.0800. The van der Waals surface area contributed by atoms with Gasteiger partial charge in [0.1, 0.15) is 0 Å². The van der Waals surface area contributed by atoms with Crippen LogP contribution in [0.5, 0.6) is 0 Å². The summed E-state index contributed by atoms with van der Waals surface area (Å²) in [6.45, 7) is 18.4. The van der Waals surface area contributed by atoms with Gasteiger partial charge in [-0.25, -0.2) is 0 Å². The smallest absolute Gasteiger partial charge is 0.0661 e. The van der Waals surface area contributed by atoms with Crippen LogP contribution >= 0.6 is 0 Å². The molecule has 0 aliphatic carbocycles. The molecule has 0 aromatic heterocycles. The first-order chi connectivity index (χ1) is 9.52. The summed E-state index contributed by atoms with van der Waals surface area (Å²) in [7, 11) is 0. The standard InChI is InChI=1S/C19H39NO/c1-17(2,3)20-15-11-8-9-13-19(7,14-10-12-16-20)21-18(4,5)6/h8-16H2,1-7H3. The first kappa shape index (κ1) is 19.0. The van der Waals surface area contributed by atoms with E-state index in [1.807, 2.05) is 0 Å². The van der Waals surface area contributed by atoms with Crippen LogP contribution in [-0.4, -0.2) is 34.7 Å². The Labute approximate surface area is 133 Å². The van der Waals surface area contributed by atoms with Crippen molar-refractivity contribution >= 4 is 0 Å². The largest absolute Gasteiger partial charge is 0.370 e. The summed E-state index contributed by atoms with van der Waals surface area (Å²) in [5.41, 5.74) is 0.334. The van der Waals surface area contributed by atoms with E-state index in [1.54, 1.807) is 0 Å². The van der Waals surface area contributed by atoms with E-state index >= 15 is 0 Å². The highest BCUT2D eigenvalue weighted by Crippen LogP contribution is 2.31. The molecule has 0 N–H and O–H groups in total. The van der Waals surface area contributed by atoms with Gasteiger partial charge in [-0.05, 0) is 93.7 Å². The highest BCUT2D eigenvalue weighted by molar-refractivity contribution is 4.82. The van der Waals surface area contributed by atoms with Crippen LogP contribution in [0.25, 0.3) is 0 Å². The Morgan fingerprint density at radius 1 is 0.762 bits per heavy atom. The van der Waals surface area contributed by atoms with E-state index < -0.39 is 0 Å². The molecule has 126 valence electrons. The molecule has 0 bridgehead atoms.